The van der Waals surface area contributed by atoms with Crippen molar-refractivity contribution in [2.45, 2.75) is 26.3 Å². The van der Waals surface area contributed by atoms with Gasteiger partial charge in [0, 0.05) is 37.9 Å². The van der Waals surface area contributed by atoms with Gasteiger partial charge in [-0.3, -0.25) is 4.79 Å². The Labute approximate surface area is 183 Å². The van der Waals surface area contributed by atoms with Crippen molar-refractivity contribution >= 4 is 17.2 Å². The third-order valence-corrected chi connectivity index (χ3v) is 5.88. The van der Waals surface area contributed by atoms with E-state index in [0.29, 0.717) is 42.4 Å². The molecule has 1 aliphatic heterocycles. The van der Waals surface area contributed by atoms with Crippen LogP contribution in [-0.4, -0.2) is 60.0 Å². The lowest BCUT2D eigenvalue weighted by Gasteiger charge is -2.34. The maximum absolute atomic E-state index is 14.3. The standard InChI is InChI=1S/C22H23FN8O/c1-3-29(4-2)22(32)17-11-25-19(12-24-17)30-9-7-15-20(27-13-26-15)21(30)16-10-18-14(23)6-5-8-31(18)28-16/h5-6,8,10-13,21H,3-4,7,9H2,1-2H3,(H,26,27)/t21-/m0/s1. The van der Waals surface area contributed by atoms with Gasteiger partial charge in [-0.25, -0.2) is 23.9 Å². The highest BCUT2D eigenvalue weighted by atomic mass is 19.1. The zero-order valence-corrected chi connectivity index (χ0v) is 17.9. The number of nitrogens with zero attached hydrogens (tertiary/aromatic N) is 7. The Morgan fingerprint density at radius 1 is 1.25 bits per heavy atom. The molecule has 9 nitrogen and oxygen atoms in total. The first-order valence-corrected chi connectivity index (χ1v) is 10.6. The van der Waals surface area contributed by atoms with Crippen LogP contribution in [0.1, 0.15) is 47.5 Å². The van der Waals surface area contributed by atoms with Crippen LogP contribution >= 0.6 is 0 Å². The van der Waals surface area contributed by atoms with Gasteiger partial charge in [0.15, 0.2) is 0 Å². The summed E-state index contributed by atoms with van der Waals surface area (Å²) in [5.74, 6) is 0.127. The quantitative estimate of drug-likeness (QED) is 0.519. The number of aromatic nitrogens is 6. The molecule has 164 valence electrons. The highest BCUT2D eigenvalue weighted by Gasteiger charge is 2.34. The van der Waals surface area contributed by atoms with E-state index in [1.54, 1.807) is 35.8 Å². The molecule has 0 aliphatic carbocycles. The Morgan fingerprint density at radius 3 is 2.81 bits per heavy atom. The lowest BCUT2D eigenvalue weighted by atomic mass is 10.00. The van der Waals surface area contributed by atoms with Crippen LogP contribution in [-0.2, 0) is 6.42 Å². The Hall–Kier alpha value is -3.82. The van der Waals surface area contributed by atoms with Crippen molar-refractivity contribution in [3.05, 3.63) is 71.7 Å². The van der Waals surface area contributed by atoms with Gasteiger partial charge >= 0.3 is 0 Å². The first-order valence-electron chi connectivity index (χ1n) is 10.6. The average Bonchev–Trinajstić information content (AvgIpc) is 3.47. The van der Waals surface area contributed by atoms with Crippen LogP contribution in [0.5, 0.6) is 0 Å². The van der Waals surface area contributed by atoms with Crippen LogP contribution in [0.4, 0.5) is 10.2 Å². The third-order valence-electron chi connectivity index (χ3n) is 5.88. The second-order valence-electron chi connectivity index (χ2n) is 7.60. The van der Waals surface area contributed by atoms with Crippen molar-refractivity contribution < 1.29 is 9.18 Å². The second kappa shape index (κ2) is 8.03. The number of carbonyl (C=O) groups is 1. The summed E-state index contributed by atoms with van der Waals surface area (Å²) in [6.07, 6.45) is 7.24. The number of aromatic amines is 1. The van der Waals surface area contributed by atoms with Gasteiger partial charge in [-0.05, 0) is 32.0 Å². The van der Waals surface area contributed by atoms with Crippen LogP contribution < -0.4 is 4.90 Å². The molecule has 0 bridgehead atoms. The monoisotopic (exact) mass is 434 g/mol. The second-order valence-corrected chi connectivity index (χ2v) is 7.60. The fraction of sp³-hybridized carbons (Fsp3) is 0.318. The van der Waals surface area contributed by atoms with Crippen molar-refractivity contribution in [1.29, 1.82) is 0 Å². The van der Waals surface area contributed by atoms with E-state index in [1.165, 1.54) is 16.8 Å². The number of H-pyrrole nitrogens is 1. The van der Waals surface area contributed by atoms with Crippen molar-refractivity contribution in [2.75, 3.05) is 24.5 Å². The number of carbonyl (C=O) groups excluding carboxylic acids is 1. The number of anilines is 1. The summed E-state index contributed by atoms with van der Waals surface area (Å²) in [6, 6.07) is 4.41. The summed E-state index contributed by atoms with van der Waals surface area (Å²) in [5, 5.41) is 4.61. The Morgan fingerprint density at radius 2 is 2.09 bits per heavy atom. The maximum Gasteiger partial charge on any atom is 0.274 e. The van der Waals surface area contributed by atoms with E-state index < -0.39 is 0 Å². The molecule has 0 radical (unpaired) electrons. The molecule has 5 heterocycles. The fourth-order valence-corrected chi connectivity index (χ4v) is 4.21. The summed E-state index contributed by atoms with van der Waals surface area (Å²) in [5.41, 5.74) is 3.21. The smallest absolute Gasteiger partial charge is 0.274 e. The van der Waals surface area contributed by atoms with Crippen LogP contribution in [0.2, 0.25) is 0 Å². The normalized spacial score (nSPS) is 15.7. The van der Waals surface area contributed by atoms with Crippen LogP contribution in [0, 0.1) is 5.82 Å². The van der Waals surface area contributed by atoms with Crippen LogP contribution in [0.3, 0.4) is 0 Å². The minimum atomic E-state index is -0.358. The fourth-order valence-electron chi connectivity index (χ4n) is 4.21. The average molecular weight is 434 g/mol. The van der Waals surface area contributed by atoms with Crippen molar-refractivity contribution in [3.63, 3.8) is 0 Å². The summed E-state index contributed by atoms with van der Waals surface area (Å²) < 4.78 is 15.8. The van der Waals surface area contributed by atoms with Gasteiger partial charge in [0.2, 0.25) is 0 Å². The van der Waals surface area contributed by atoms with Crippen LogP contribution in [0.25, 0.3) is 5.52 Å². The van der Waals surface area contributed by atoms with Gasteiger partial charge < -0.3 is 14.8 Å². The molecule has 0 unspecified atom stereocenters. The topological polar surface area (TPSA) is 95.3 Å². The molecule has 0 fully saturated rings. The predicted molar refractivity (Wildman–Crippen MR) is 116 cm³/mol. The van der Waals surface area contributed by atoms with E-state index >= 15 is 0 Å². The lowest BCUT2D eigenvalue weighted by Crippen LogP contribution is -2.37. The van der Waals surface area contributed by atoms with Crippen molar-refractivity contribution in [1.82, 2.24) is 34.4 Å². The minimum Gasteiger partial charge on any atom is -0.348 e. The number of amides is 1. The molecule has 4 aromatic rings. The van der Waals surface area contributed by atoms with Gasteiger partial charge in [-0.1, -0.05) is 0 Å². The Kier molecular flexibility index (Phi) is 5.04. The number of halogens is 1. The molecule has 5 rings (SSSR count). The summed E-state index contributed by atoms with van der Waals surface area (Å²) >= 11 is 0. The number of rotatable bonds is 5. The molecule has 1 N–H and O–H groups in total. The molecular weight excluding hydrogens is 411 g/mol. The first kappa shape index (κ1) is 20.1. The minimum absolute atomic E-state index is 0.144. The van der Waals surface area contributed by atoms with E-state index in [1.807, 2.05) is 18.7 Å². The maximum atomic E-state index is 14.3. The Bertz CT molecular complexity index is 1260. The molecule has 32 heavy (non-hydrogen) atoms. The molecule has 1 amide bonds. The molecule has 0 spiro atoms. The molecule has 0 saturated heterocycles. The highest BCUT2D eigenvalue weighted by Crippen LogP contribution is 2.35. The van der Waals surface area contributed by atoms with E-state index in [9.17, 15) is 9.18 Å². The lowest BCUT2D eigenvalue weighted by molar-refractivity contribution is 0.0766. The summed E-state index contributed by atoms with van der Waals surface area (Å²) in [7, 11) is 0. The molecule has 0 saturated carbocycles. The summed E-state index contributed by atoms with van der Waals surface area (Å²) in [4.78, 5) is 33.0. The third kappa shape index (κ3) is 3.28. The van der Waals surface area contributed by atoms with E-state index in [0.717, 1.165) is 17.8 Å². The number of hydrogen-bond donors (Lipinski definition) is 1. The van der Waals surface area contributed by atoms with Crippen LogP contribution in [0.15, 0.2) is 43.1 Å². The van der Waals surface area contributed by atoms with E-state index in [-0.39, 0.29) is 17.8 Å². The molecule has 10 heteroatoms. The van der Waals surface area contributed by atoms with Crippen molar-refractivity contribution in [3.8, 4) is 0 Å². The summed E-state index contributed by atoms with van der Waals surface area (Å²) in [6.45, 7) is 5.73. The van der Waals surface area contributed by atoms with Crippen molar-refractivity contribution in [2.24, 2.45) is 0 Å². The molecule has 0 aromatic carbocycles. The SMILES string of the molecule is CCN(CC)C(=O)c1cnc(N2CCc3[nH]cnc3[C@@H]2c2cc3c(F)cccn3n2)cn1. The van der Waals surface area contributed by atoms with Gasteiger partial charge in [-0.15, -0.1) is 0 Å². The largest absolute Gasteiger partial charge is 0.348 e. The zero-order chi connectivity index (χ0) is 22.2. The molecule has 1 atom stereocenters. The number of fused-ring (bicyclic) bond motifs is 2. The highest BCUT2D eigenvalue weighted by molar-refractivity contribution is 5.92. The predicted octanol–water partition coefficient (Wildman–Crippen LogP) is 2.62. The molecular formula is C22H23FN8O. The van der Waals surface area contributed by atoms with E-state index in [2.05, 4.69) is 25.0 Å². The number of pyridine rings is 1. The first-order chi connectivity index (χ1) is 15.6. The Balaban J connectivity index is 1.54. The van der Waals surface area contributed by atoms with Gasteiger partial charge in [-0.2, -0.15) is 5.10 Å². The van der Waals surface area contributed by atoms with Gasteiger partial charge in [0.25, 0.3) is 5.91 Å². The van der Waals surface area contributed by atoms with Gasteiger partial charge in [0.05, 0.1) is 30.1 Å². The number of nitrogens with one attached hydrogen (secondary N) is 1. The molecule has 1 aliphatic rings. The number of hydrogen-bond acceptors (Lipinski definition) is 6. The van der Waals surface area contributed by atoms with E-state index in [4.69, 9.17) is 0 Å². The zero-order valence-electron chi connectivity index (χ0n) is 17.9. The van der Waals surface area contributed by atoms with Gasteiger partial charge in [0.1, 0.15) is 28.9 Å². The number of imidazole rings is 1. The molecule has 4 aromatic heterocycles.